The number of hydrogen-bond donors (Lipinski definition) is 2. The fraction of sp³-hybridized carbons (Fsp3) is 0.333. The van der Waals surface area contributed by atoms with Gasteiger partial charge in [-0.3, -0.25) is 9.59 Å². The molecule has 0 fully saturated rings. The fourth-order valence-corrected chi connectivity index (χ4v) is 4.35. The van der Waals surface area contributed by atoms with Gasteiger partial charge >= 0.3 is 5.97 Å². The molecule has 6 nitrogen and oxygen atoms in total. The largest absolute Gasteiger partial charge is 0.468 e. The number of ketones is 1. The number of methoxy groups -OCH3 is 1. The van der Waals surface area contributed by atoms with Crippen LogP contribution in [0.2, 0.25) is 0 Å². The van der Waals surface area contributed by atoms with E-state index in [0.717, 1.165) is 28.3 Å². The maximum Gasteiger partial charge on any atom is 0.316 e. The van der Waals surface area contributed by atoms with Gasteiger partial charge in [0, 0.05) is 31.1 Å². The Morgan fingerprint density at radius 3 is 2.37 bits per heavy atom. The highest BCUT2D eigenvalue weighted by atomic mass is 16.5. The molecule has 0 saturated heterocycles. The predicted molar refractivity (Wildman–Crippen MR) is 119 cm³/mol. The predicted octanol–water partition coefficient (Wildman–Crippen LogP) is 3.98. The lowest BCUT2D eigenvalue weighted by atomic mass is 9.75. The smallest absolute Gasteiger partial charge is 0.316 e. The van der Waals surface area contributed by atoms with E-state index in [-0.39, 0.29) is 17.7 Å². The number of rotatable bonds is 3. The number of allylic oxidation sites excluding steroid dienone is 1. The van der Waals surface area contributed by atoms with Gasteiger partial charge in [-0.2, -0.15) is 0 Å². The molecule has 1 aliphatic carbocycles. The van der Waals surface area contributed by atoms with Crippen LogP contribution in [-0.4, -0.2) is 33.0 Å². The summed E-state index contributed by atoms with van der Waals surface area (Å²) >= 11 is 0. The molecule has 2 N–H and O–H groups in total. The zero-order valence-electron chi connectivity index (χ0n) is 17.7. The molecule has 2 aromatic carbocycles. The van der Waals surface area contributed by atoms with Gasteiger partial charge in [0.05, 0.1) is 24.5 Å². The Morgan fingerprint density at radius 1 is 1.07 bits per heavy atom. The molecule has 0 aromatic heterocycles. The van der Waals surface area contributed by atoms with Crippen LogP contribution in [0.4, 0.5) is 17.1 Å². The van der Waals surface area contributed by atoms with Gasteiger partial charge in [0.15, 0.2) is 5.78 Å². The van der Waals surface area contributed by atoms with Crippen molar-refractivity contribution in [3.8, 4) is 0 Å². The Balaban J connectivity index is 1.84. The standard InChI is InChI=1S/C24H27N3O3/c1-14-13-19-21(23(28)20(14)24(29)30-4)22(15-9-11-16(12-10-15)27(2)3)26-18-8-6-5-7-17(18)25-19/h5-12,14,20,22,25-26H,13H2,1-4H3/t14-,20+,22+/m0/s1. The van der Waals surface area contributed by atoms with E-state index in [1.807, 2.05) is 74.4 Å². The monoisotopic (exact) mass is 405 g/mol. The van der Waals surface area contributed by atoms with E-state index in [1.54, 1.807) is 0 Å². The van der Waals surface area contributed by atoms with Crippen molar-refractivity contribution in [3.05, 3.63) is 65.4 Å². The van der Waals surface area contributed by atoms with Crippen LogP contribution in [0.25, 0.3) is 0 Å². The van der Waals surface area contributed by atoms with Gasteiger partial charge in [-0.25, -0.2) is 0 Å². The van der Waals surface area contributed by atoms with Crippen molar-refractivity contribution in [3.63, 3.8) is 0 Å². The van der Waals surface area contributed by atoms with Crippen molar-refractivity contribution in [1.29, 1.82) is 0 Å². The fourth-order valence-electron chi connectivity index (χ4n) is 4.35. The molecule has 4 rings (SSSR count). The van der Waals surface area contributed by atoms with Crippen LogP contribution >= 0.6 is 0 Å². The summed E-state index contributed by atoms with van der Waals surface area (Å²) in [6.07, 6.45) is 0.600. The summed E-state index contributed by atoms with van der Waals surface area (Å²) in [5.41, 5.74) is 5.37. The number of benzene rings is 2. The van der Waals surface area contributed by atoms with E-state index < -0.39 is 11.9 Å². The normalized spacial score (nSPS) is 22.8. The van der Waals surface area contributed by atoms with E-state index in [2.05, 4.69) is 10.6 Å². The number of hydrogen-bond acceptors (Lipinski definition) is 6. The van der Waals surface area contributed by atoms with Crippen molar-refractivity contribution in [2.24, 2.45) is 11.8 Å². The summed E-state index contributed by atoms with van der Waals surface area (Å²) in [5.74, 6) is -1.58. The van der Waals surface area contributed by atoms with Crippen molar-refractivity contribution in [1.82, 2.24) is 0 Å². The minimum Gasteiger partial charge on any atom is -0.468 e. The van der Waals surface area contributed by atoms with Crippen molar-refractivity contribution < 1.29 is 14.3 Å². The summed E-state index contributed by atoms with van der Waals surface area (Å²) in [6, 6.07) is 15.7. The van der Waals surface area contributed by atoms with Crippen LogP contribution in [-0.2, 0) is 14.3 Å². The van der Waals surface area contributed by atoms with Gasteiger partial charge < -0.3 is 20.3 Å². The lowest BCUT2D eigenvalue weighted by molar-refractivity contribution is -0.151. The van der Waals surface area contributed by atoms with Crippen LogP contribution in [0, 0.1) is 11.8 Å². The number of para-hydroxylation sites is 2. The second kappa shape index (κ2) is 7.86. The Hall–Kier alpha value is -3.28. The average molecular weight is 405 g/mol. The third-order valence-corrected chi connectivity index (χ3v) is 5.97. The number of ether oxygens (including phenoxy) is 1. The third-order valence-electron chi connectivity index (χ3n) is 5.97. The first-order valence-electron chi connectivity index (χ1n) is 10.2. The first kappa shape index (κ1) is 20.0. The first-order valence-corrected chi connectivity index (χ1v) is 10.2. The van der Waals surface area contributed by atoms with E-state index in [1.165, 1.54) is 7.11 Å². The molecule has 0 bridgehead atoms. The quantitative estimate of drug-likeness (QED) is 0.595. The van der Waals surface area contributed by atoms with E-state index in [0.29, 0.717) is 12.0 Å². The Kier molecular flexibility index (Phi) is 5.24. The van der Waals surface area contributed by atoms with Gasteiger partial charge in [0.25, 0.3) is 0 Å². The molecule has 1 aliphatic heterocycles. The number of Topliss-reactive ketones (excluding diaryl/α,β-unsaturated/α-hetero) is 1. The molecule has 3 atom stereocenters. The lowest BCUT2D eigenvalue weighted by Crippen LogP contribution is -2.39. The highest BCUT2D eigenvalue weighted by Gasteiger charge is 2.44. The van der Waals surface area contributed by atoms with Crippen molar-refractivity contribution in [2.45, 2.75) is 19.4 Å². The topological polar surface area (TPSA) is 70.7 Å². The number of fused-ring (bicyclic) bond motifs is 1. The molecule has 2 aromatic rings. The van der Waals surface area contributed by atoms with Gasteiger partial charge in [0.2, 0.25) is 0 Å². The molecular weight excluding hydrogens is 378 g/mol. The van der Waals surface area contributed by atoms with Crippen LogP contribution in [0.15, 0.2) is 59.8 Å². The van der Waals surface area contributed by atoms with Gasteiger partial charge in [0.1, 0.15) is 5.92 Å². The van der Waals surface area contributed by atoms with E-state index >= 15 is 0 Å². The molecule has 6 heteroatoms. The summed E-state index contributed by atoms with van der Waals surface area (Å²) < 4.78 is 4.96. The molecule has 156 valence electrons. The second-order valence-corrected chi connectivity index (χ2v) is 8.17. The minimum absolute atomic E-state index is 0.141. The molecule has 0 amide bonds. The molecular formula is C24H27N3O3. The van der Waals surface area contributed by atoms with Crippen LogP contribution in [0.5, 0.6) is 0 Å². The molecule has 30 heavy (non-hydrogen) atoms. The van der Waals surface area contributed by atoms with Crippen molar-refractivity contribution >= 4 is 28.8 Å². The third kappa shape index (κ3) is 3.43. The summed E-state index contributed by atoms with van der Waals surface area (Å²) in [6.45, 7) is 1.93. The first-order chi connectivity index (χ1) is 14.4. The lowest BCUT2D eigenvalue weighted by Gasteiger charge is -2.32. The molecule has 2 aliphatic rings. The molecule has 0 radical (unpaired) electrons. The highest BCUT2D eigenvalue weighted by Crippen LogP contribution is 2.43. The number of nitrogens with zero attached hydrogens (tertiary/aromatic N) is 1. The van der Waals surface area contributed by atoms with Crippen molar-refractivity contribution in [2.75, 3.05) is 36.7 Å². The summed E-state index contributed by atoms with van der Waals surface area (Å²) in [7, 11) is 5.32. The SMILES string of the molecule is COC(=O)[C@H]1C(=O)C2=C(C[C@@H]1C)Nc1ccccc1N[C@@H]2c1ccc(N(C)C)cc1. The Morgan fingerprint density at radius 2 is 1.73 bits per heavy atom. The van der Waals surface area contributed by atoms with Gasteiger partial charge in [-0.05, 0) is 42.2 Å². The van der Waals surface area contributed by atoms with Crippen LogP contribution in [0.3, 0.4) is 0 Å². The number of esters is 1. The maximum absolute atomic E-state index is 13.6. The zero-order valence-corrected chi connectivity index (χ0v) is 17.7. The second-order valence-electron chi connectivity index (χ2n) is 8.17. The zero-order chi connectivity index (χ0) is 21.4. The molecule has 0 unspecified atom stereocenters. The minimum atomic E-state index is -0.790. The Bertz CT molecular complexity index is 1010. The molecule has 0 saturated carbocycles. The summed E-state index contributed by atoms with van der Waals surface area (Å²) in [4.78, 5) is 28.0. The number of nitrogens with one attached hydrogen (secondary N) is 2. The van der Waals surface area contributed by atoms with Gasteiger partial charge in [-0.1, -0.05) is 31.2 Å². The maximum atomic E-state index is 13.6. The van der Waals surface area contributed by atoms with Gasteiger partial charge in [-0.15, -0.1) is 0 Å². The number of anilines is 3. The highest BCUT2D eigenvalue weighted by molar-refractivity contribution is 6.11. The van der Waals surface area contributed by atoms with Crippen LogP contribution in [0.1, 0.15) is 24.9 Å². The number of carbonyl (C=O) groups is 2. The average Bonchev–Trinajstić information content (AvgIpc) is 2.90. The van der Waals surface area contributed by atoms with E-state index in [4.69, 9.17) is 4.74 Å². The molecule has 1 heterocycles. The molecule has 0 spiro atoms. The van der Waals surface area contributed by atoms with E-state index in [9.17, 15) is 9.59 Å². The van der Waals surface area contributed by atoms with Crippen LogP contribution < -0.4 is 15.5 Å². The number of carbonyl (C=O) groups excluding carboxylic acids is 2. The summed E-state index contributed by atoms with van der Waals surface area (Å²) in [5, 5.41) is 7.00. The Labute approximate surface area is 176 Å².